The summed E-state index contributed by atoms with van der Waals surface area (Å²) in [5.74, 6) is -0.664. The summed E-state index contributed by atoms with van der Waals surface area (Å²) in [4.78, 5) is 24.6. The molecule has 0 saturated carbocycles. The van der Waals surface area contributed by atoms with E-state index in [1.807, 2.05) is 6.92 Å². The van der Waals surface area contributed by atoms with Crippen LogP contribution in [-0.4, -0.2) is 54.4 Å². The third-order valence-corrected chi connectivity index (χ3v) is 4.21. The number of cyclic esters (lactones) is 1. The lowest BCUT2D eigenvalue weighted by atomic mass is 9.75. The molecule has 0 bridgehead atoms. The molecule has 0 aromatic heterocycles. The molecule has 1 atom stereocenters. The molecule has 6 heteroatoms. The highest BCUT2D eigenvalue weighted by Crippen LogP contribution is 2.36. The number of carbonyl (C=O) groups is 2. The highest BCUT2D eigenvalue weighted by molar-refractivity contribution is 5.74. The summed E-state index contributed by atoms with van der Waals surface area (Å²) in [6.45, 7) is 4.80. The fourth-order valence-corrected chi connectivity index (χ4v) is 3.03. The fraction of sp³-hybridized carbons (Fsp3) is 0.846. The van der Waals surface area contributed by atoms with Crippen LogP contribution in [0.1, 0.15) is 32.6 Å². The van der Waals surface area contributed by atoms with Gasteiger partial charge in [-0.05, 0) is 32.4 Å². The Kier molecular flexibility index (Phi) is 4.29. The molecule has 2 rings (SSSR count). The van der Waals surface area contributed by atoms with E-state index in [4.69, 9.17) is 4.74 Å². The van der Waals surface area contributed by atoms with Crippen molar-refractivity contribution in [1.29, 1.82) is 0 Å². The van der Waals surface area contributed by atoms with Crippen molar-refractivity contribution in [2.45, 2.75) is 38.7 Å². The predicted octanol–water partition coefficient (Wildman–Crippen LogP) is 1.06. The Balaban J connectivity index is 1.84. The maximum atomic E-state index is 11.5. The van der Waals surface area contributed by atoms with Crippen LogP contribution in [0.3, 0.4) is 0 Å². The molecule has 108 valence electrons. The fourth-order valence-electron chi connectivity index (χ4n) is 3.03. The maximum Gasteiger partial charge on any atom is 0.407 e. The van der Waals surface area contributed by atoms with Gasteiger partial charge in [0.05, 0.1) is 12.0 Å². The number of alkyl carbamates (subject to hydrolysis) is 1. The average Bonchev–Trinajstić information content (AvgIpc) is 2.77. The van der Waals surface area contributed by atoms with Gasteiger partial charge >= 0.3 is 12.1 Å². The first-order valence-electron chi connectivity index (χ1n) is 6.96. The monoisotopic (exact) mass is 270 g/mol. The number of carboxylic acids is 1. The molecule has 0 radical (unpaired) electrons. The number of aliphatic carboxylic acids is 1. The zero-order chi connectivity index (χ0) is 13.9. The quantitative estimate of drug-likeness (QED) is 0.781. The topological polar surface area (TPSA) is 78.9 Å². The molecule has 0 aromatic rings. The second-order valence-electron chi connectivity index (χ2n) is 5.54. The molecule has 2 saturated heterocycles. The minimum Gasteiger partial charge on any atom is -0.481 e. The number of piperidine rings is 1. The van der Waals surface area contributed by atoms with E-state index in [0.717, 1.165) is 25.9 Å². The normalized spacial score (nSPS) is 26.8. The van der Waals surface area contributed by atoms with E-state index >= 15 is 0 Å². The molecule has 19 heavy (non-hydrogen) atoms. The highest BCUT2D eigenvalue weighted by Gasteiger charge is 2.41. The first-order chi connectivity index (χ1) is 9.05. The number of rotatable bonds is 5. The van der Waals surface area contributed by atoms with Crippen molar-refractivity contribution in [2.75, 3.05) is 26.2 Å². The molecule has 2 fully saturated rings. The largest absolute Gasteiger partial charge is 0.481 e. The Morgan fingerprint density at radius 1 is 1.53 bits per heavy atom. The molecular formula is C13H22N2O4. The number of ether oxygens (including phenoxy) is 1. The van der Waals surface area contributed by atoms with Gasteiger partial charge in [-0.3, -0.25) is 9.69 Å². The molecule has 0 spiro atoms. The van der Waals surface area contributed by atoms with E-state index in [1.54, 1.807) is 0 Å². The lowest BCUT2D eigenvalue weighted by Gasteiger charge is -2.39. The van der Waals surface area contributed by atoms with Crippen molar-refractivity contribution in [3.63, 3.8) is 0 Å². The molecule has 2 aliphatic rings. The van der Waals surface area contributed by atoms with Crippen LogP contribution >= 0.6 is 0 Å². The summed E-state index contributed by atoms with van der Waals surface area (Å²) in [5.41, 5.74) is -0.546. The van der Waals surface area contributed by atoms with Gasteiger partial charge in [0, 0.05) is 6.54 Å². The number of hydrogen-bond donors (Lipinski definition) is 2. The molecule has 0 aliphatic carbocycles. The number of carboxylic acid groups (broad SMARTS) is 1. The van der Waals surface area contributed by atoms with Crippen molar-refractivity contribution in [1.82, 2.24) is 10.2 Å². The van der Waals surface area contributed by atoms with Crippen molar-refractivity contribution in [3.8, 4) is 0 Å². The number of likely N-dealkylation sites (tertiary alicyclic amines) is 1. The number of carbonyl (C=O) groups excluding carboxylic acids is 1. The average molecular weight is 270 g/mol. The second kappa shape index (κ2) is 5.77. The predicted molar refractivity (Wildman–Crippen MR) is 68.9 cm³/mol. The minimum absolute atomic E-state index is 0.101. The van der Waals surface area contributed by atoms with Gasteiger partial charge in [0.1, 0.15) is 6.10 Å². The Morgan fingerprint density at radius 2 is 2.21 bits per heavy atom. The lowest BCUT2D eigenvalue weighted by Crippen LogP contribution is -2.46. The number of nitrogens with zero attached hydrogens (tertiary/aromatic N) is 1. The van der Waals surface area contributed by atoms with E-state index < -0.39 is 11.4 Å². The number of nitrogens with one attached hydrogen (secondary N) is 1. The first kappa shape index (κ1) is 14.1. The van der Waals surface area contributed by atoms with Crippen molar-refractivity contribution < 1.29 is 19.4 Å². The summed E-state index contributed by atoms with van der Waals surface area (Å²) in [7, 11) is 0. The SMILES string of the molecule is CCCC1(C(=O)O)CCN(CC2CNC(=O)O2)CC1. The zero-order valence-electron chi connectivity index (χ0n) is 11.4. The highest BCUT2D eigenvalue weighted by atomic mass is 16.6. The second-order valence-corrected chi connectivity index (χ2v) is 5.54. The van der Waals surface area contributed by atoms with Gasteiger partial charge in [0.15, 0.2) is 0 Å². The Bertz CT molecular complexity index is 351. The van der Waals surface area contributed by atoms with E-state index in [1.165, 1.54) is 0 Å². The molecule has 1 amide bonds. The molecule has 2 N–H and O–H groups in total. The Labute approximate surface area is 113 Å². The van der Waals surface area contributed by atoms with Crippen molar-refractivity contribution >= 4 is 12.1 Å². The third kappa shape index (κ3) is 3.18. The smallest absolute Gasteiger partial charge is 0.407 e. The maximum absolute atomic E-state index is 11.5. The lowest BCUT2D eigenvalue weighted by molar-refractivity contribution is -0.152. The Hall–Kier alpha value is -1.30. The van der Waals surface area contributed by atoms with Crippen molar-refractivity contribution in [2.24, 2.45) is 5.41 Å². The van der Waals surface area contributed by atoms with Crippen LogP contribution in [0.2, 0.25) is 0 Å². The van der Waals surface area contributed by atoms with Crippen LogP contribution in [-0.2, 0) is 9.53 Å². The summed E-state index contributed by atoms with van der Waals surface area (Å²) >= 11 is 0. The van der Waals surface area contributed by atoms with Gasteiger partial charge in [-0.2, -0.15) is 0 Å². The van der Waals surface area contributed by atoms with Crippen LogP contribution in [0.25, 0.3) is 0 Å². The molecule has 2 heterocycles. The van der Waals surface area contributed by atoms with Crippen LogP contribution in [0, 0.1) is 5.41 Å². The standard InChI is InChI=1S/C13H22N2O4/c1-2-3-13(11(16)17)4-6-15(7-5-13)9-10-8-14-12(18)19-10/h10H,2-9H2,1H3,(H,14,18)(H,16,17). The van der Waals surface area contributed by atoms with Gasteiger partial charge in [-0.15, -0.1) is 0 Å². The van der Waals surface area contributed by atoms with Crippen molar-refractivity contribution in [3.05, 3.63) is 0 Å². The minimum atomic E-state index is -0.664. The summed E-state index contributed by atoms with van der Waals surface area (Å²) in [6.07, 6.45) is 2.56. The van der Waals surface area contributed by atoms with E-state index in [9.17, 15) is 14.7 Å². The third-order valence-electron chi connectivity index (χ3n) is 4.21. The molecule has 1 unspecified atom stereocenters. The van der Waals surface area contributed by atoms with Crippen LogP contribution in [0.5, 0.6) is 0 Å². The first-order valence-corrected chi connectivity index (χ1v) is 6.96. The molecule has 0 aromatic carbocycles. The zero-order valence-corrected chi connectivity index (χ0v) is 11.4. The summed E-state index contributed by atoms with van der Waals surface area (Å²) in [5, 5.41) is 12.1. The summed E-state index contributed by atoms with van der Waals surface area (Å²) in [6, 6.07) is 0. The van der Waals surface area contributed by atoms with Crippen LogP contribution < -0.4 is 5.32 Å². The van der Waals surface area contributed by atoms with Gasteiger partial charge in [0.2, 0.25) is 0 Å². The van der Waals surface area contributed by atoms with Gasteiger partial charge < -0.3 is 15.2 Å². The van der Waals surface area contributed by atoms with Crippen LogP contribution in [0.4, 0.5) is 4.79 Å². The number of hydrogen-bond acceptors (Lipinski definition) is 4. The Morgan fingerprint density at radius 3 is 2.68 bits per heavy atom. The van der Waals surface area contributed by atoms with Gasteiger partial charge in [0.25, 0.3) is 0 Å². The van der Waals surface area contributed by atoms with Gasteiger partial charge in [-0.1, -0.05) is 13.3 Å². The van der Waals surface area contributed by atoms with Gasteiger partial charge in [-0.25, -0.2) is 4.79 Å². The van der Waals surface area contributed by atoms with Crippen LogP contribution in [0.15, 0.2) is 0 Å². The number of amides is 1. The van der Waals surface area contributed by atoms with E-state index in [2.05, 4.69) is 10.2 Å². The molecule has 6 nitrogen and oxygen atoms in total. The van der Waals surface area contributed by atoms with E-state index in [0.29, 0.717) is 25.9 Å². The molecular weight excluding hydrogens is 248 g/mol. The molecule has 2 aliphatic heterocycles. The summed E-state index contributed by atoms with van der Waals surface area (Å²) < 4.78 is 5.10. The van der Waals surface area contributed by atoms with E-state index in [-0.39, 0.29) is 12.2 Å².